The van der Waals surface area contributed by atoms with Crippen LogP contribution in [0.15, 0.2) is 48.6 Å². The van der Waals surface area contributed by atoms with E-state index in [1.807, 2.05) is 0 Å². The number of allylic oxidation sites excluding steroid dienone is 8. The van der Waals surface area contributed by atoms with Crippen LogP contribution in [-0.2, 0) is 65.4 Å². The lowest BCUT2D eigenvalue weighted by molar-refractivity contribution is -0.161. The number of aliphatic hydroxyl groups is 1. The molecule has 0 aliphatic rings. The molecule has 3 N–H and O–H groups in total. The highest BCUT2D eigenvalue weighted by atomic mass is 31.2. The number of ether oxygens (including phenoxy) is 4. The first kappa shape index (κ1) is 89.0. The number of hydrogen-bond donors (Lipinski definition) is 3. The van der Waals surface area contributed by atoms with Crippen molar-refractivity contribution < 1.29 is 80.2 Å². The highest BCUT2D eigenvalue weighted by Crippen LogP contribution is 2.45. The van der Waals surface area contributed by atoms with E-state index in [-0.39, 0.29) is 25.7 Å². The van der Waals surface area contributed by atoms with E-state index in [9.17, 15) is 43.2 Å². The van der Waals surface area contributed by atoms with Crippen molar-refractivity contribution in [2.75, 3.05) is 39.6 Å². The highest BCUT2D eigenvalue weighted by molar-refractivity contribution is 7.47. The molecule has 19 heteroatoms. The third-order valence-electron chi connectivity index (χ3n) is 15.8. The van der Waals surface area contributed by atoms with Crippen LogP contribution in [0.5, 0.6) is 0 Å². The number of rotatable bonds is 69. The summed E-state index contributed by atoms with van der Waals surface area (Å²) in [6.45, 7) is 7.10. The minimum Gasteiger partial charge on any atom is -0.462 e. The molecule has 0 bridgehead atoms. The molecule has 0 saturated heterocycles. The molecule has 0 aromatic heterocycles. The van der Waals surface area contributed by atoms with Gasteiger partial charge in [-0.25, -0.2) is 9.13 Å². The van der Waals surface area contributed by atoms with Gasteiger partial charge < -0.3 is 33.8 Å². The SMILES string of the molecule is CCCCCC/C=C\C=C/CCCCCCCC(=O)OC[C@H](COP(=O)(O)OC[C@@H](O)COP(=O)(O)OC[C@@H](COC(=O)CCCCCCCCCC)OC(=O)CCCCCCCCCCCCCC(C)C)OC(=O)CCCCCCC/C=C\C=C/CCCCCC. The summed E-state index contributed by atoms with van der Waals surface area (Å²) in [4.78, 5) is 72.5. The van der Waals surface area contributed by atoms with Gasteiger partial charge in [-0.15, -0.1) is 0 Å². The maximum absolute atomic E-state index is 13.0. The molecule has 0 aromatic carbocycles. The normalized spacial score (nSPS) is 14.4. The second-order valence-corrected chi connectivity index (χ2v) is 28.3. The van der Waals surface area contributed by atoms with Gasteiger partial charge in [0.2, 0.25) is 0 Å². The molecule has 0 radical (unpaired) electrons. The van der Waals surface area contributed by atoms with Crippen LogP contribution in [0.2, 0.25) is 0 Å². The molecule has 2 unspecified atom stereocenters. The van der Waals surface area contributed by atoms with Crippen molar-refractivity contribution in [3.63, 3.8) is 0 Å². The van der Waals surface area contributed by atoms with Gasteiger partial charge in [0.05, 0.1) is 26.4 Å². The number of phosphoric ester groups is 2. The molecule has 5 atom stereocenters. The molecule has 0 aliphatic heterocycles. The van der Waals surface area contributed by atoms with E-state index in [2.05, 4.69) is 83.2 Å². The number of esters is 4. The fraction of sp³-hybridized carbons (Fsp3) is 0.836. The summed E-state index contributed by atoms with van der Waals surface area (Å²) >= 11 is 0. The molecule has 0 saturated carbocycles. The number of hydrogen-bond acceptors (Lipinski definition) is 15. The van der Waals surface area contributed by atoms with Gasteiger partial charge in [0.1, 0.15) is 19.3 Å². The van der Waals surface area contributed by atoms with E-state index in [0.717, 1.165) is 134 Å². The number of phosphoric acid groups is 2. The number of carbonyl (C=O) groups excluding carboxylic acids is 4. The number of carbonyl (C=O) groups is 4. The third kappa shape index (κ3) is 65.7. The largest absolute Gasteiger partial charge is 0.472 e. The van der Waals surface area contributed by atoms with Gasteiger partial charge in [-0.05, 0) is 83.0 Å². The Bertz CT molecular complexity index is 1960. The predicted octanol–water partition coefficient (Wildman–Crippen LogP) is 20.4. The van der Waals surface area contributed by atoms with E-state index in [1.165, 1.54) is 116 Å². The standard InChI is InChI=1S/C73H134O17P2/c1-6-9-12-15-18-21-23-25-27-29-33-37-42-47-52-57-71(76)84-63-69(90-72(77)58-53-48-43-38-34-30-28-26-24-22-19-16-13-10-7-2)65-88-92(81,82)86-61-67(74)60-85-91(79,80)87-64-68(62-83-70(75)56-51-46-41-20-17-14-11-8-3)89-73(78)59-54-49-44-39-35-31-32-36-40-45-50-55-66(4)5/h21-28,66-69,74H,6-20,29-65H2,1-5H3,(H,79,80)(H,81,82)/b23-21-,24-22-,27-25-,28-26-/t67-,68+,69+/m0/s1. The van der Waals surface area contributed by atoms with Crippen molar-refractivity contribution in [1.29, 1.82) is 0 Å². The van der Waals surface area contributed by atoms with E-state index >= 15 is 0 Å². The van der Waals surface area contributed by atoms with Crippen molar-refractivity contribution in [3.8, 4) is 0 Å². The van der Waals surface area contributed by atoms with Gasteiger partial charge >= 0.3 is 39.5 Å². The number of aliphatic hydroxyl groups excluding tert-OH is 1. The van der Waals surface area contributed by atoms with Crippen LogP contribution in [0.1, 0.15) is 330 Å². The molecule has 0 aromatic rings. The molecule has 0 heterocycles. The topological polar surface area (TPSA) is 237 Å². The minimum absolute atomic E-state index is 0.0782. The average molecular weight is 1350 g/mol. The Kier molecular flexibility index (Phi) is 63.2. The summed E-state index contributed by atoms with van der Waals surface area (Å²) in [7, 11) is -9.93. The van der Waals surface area contributed by atoms with E-state index in [4.69, 9.17) is 37.0 Å². The lowest BCUT2D eigenvalue weighted by atomic mass is 10.0. The third-order valence-corrected chi connectivity index (χ3v) is 17.7. The Morgan fingerprint density at radius 1 is 0.337 bits per heavy atom. The first-order valence-corrected chi connectivity index (χ1v) is 39.8. The molecule has 0 fully saturated rings. The van der Waals surface area contributed by atoms with Crippen LogP contribution < -0.4 is 0 Å². The van der Waals surface area contributed by atoms with E-state index < -0.39 is 97.5 Å². The molecular weight excluding hydrogens is 1210 g/mol. The van der Waals surface area contributed by atoms with E-state index in [1.54, 1.807) is 0 Å². The average Bonchev–Trinajstić information content (AvgIpc) is 1.66. The van der Waals surface area contributed by atoms with Crippen LogP contribution in [0.25, 0.3) is 0 Å². The van der Waals surface area contributed by atoms with Gasteiger partial charge in [-0.2, -0.15) is 0 Å². The summed E-state index contributed by atoms with van der Waals surface area (Å²) in [5.74, 6) is -1.42. The van der Waals surface area contributed by atoms with Gasteiger partial charge in [0, 0.05) is 25.7 Å². The Balaban J connectivity index is 5.30. The van der Waals surface area contributed by atoms with Gasteiger partial charge in [-0.1, -0.05) is 276 Å². The molecule has 0 rings (SSSR count). The molecule has 0 amide bonds. The lowest BCUT2D eigenvalue weighted by Crippen LogP contribution is -2.30. The zero-order chi connectivity index (χ0) is 67.7. The van der Waals surface area contributed by atoms with Crippen molar-refractivity contribution in [1.82, 2.24) is 0 Å². The second-order valence-electron chi connectivity index (χ2n) is 25.4. The fourth-order valence-corrected chi connectivity index (χ4v) is 11.7. The Morgan fingerprint density at radius 2 is 0.587 bits per heavy atom. The van der Waals surface area contributed by atoms with Crippen molar-refractivity contribution in [3.05, 3.63) is 48.6 Å². The van der Waals surface area contributed by atoms with Crippen molar-refractivity contribution >= 4 is 39.5 Å². The molecule has 92 heavy (non-hydrogen) atoms. The van der Waals surface area contributed by atoms with Crippen molar-refractivity contribution in [2.45, 2.75) is 348 Å². The van der Waals surface area contributed by atoms with Crippen LogP contribution in [0.4, 0.5) is 0 Å². The summed E-state index contributed by atoms with van der Waals surface area (Å²) in [6.07, 6.45) is 58.5. The maximum Gasteiger partial charge on any atom is 0.472 e. The molecule has 0 spiro atoms. The van der Waals surface area contributed by atoms with E-state index in [0.29, 0.717) is 25.7 Å². The fourth-order valence-electron chi connectivity index (χ4n) is 10.1. The summed E-state index contributed by atoms with van der Waals surface area (Å²) < 4.78 is 68.2. The highest BCUT2D eigenvalue weighted by Gasteiger charge is 2.30. The van der Waals surface area contributed by atoms with Crippen LogP contribution in [0.3, 0.4) is 0 Å². The Labute approximate surface area is 559 Å². The quantitative estimate of drug-likeness (QED) is 0.0169. The van der Waals surface area contributed by atoms with Crippen LogP contribution in [-0.4, -0.2) is 96.7 Å². The van der Waals surface area contributed by atoms with Crippen LogP contribution >= 0.6 is 15.6 Å². The van der Waals surface area contributed by atoms with Crippen molar-refractivity contribution in [2.24, 2.45) is 5.92 Å². The zero-order valence-corrected chi connectivity index (χ0v) is 60.4. The second kappa shape index (κ2) is 65.3. The Hall–Kier alpha value is -2.98. The zero-order valence-electron chi connectivity index (χ0n) is 58.6. The summed E-state index contributed by atoms with van der Waals surface area (Å²) in [5.41, 5.74) is 0. The maximum atomic E-state index is 13.0. The lowest BCUT2D eigenvalue weighted by Gasteiger charge is -2.21. The van der Waals surface area contributed by atoms with Crippen LogP contribution in [0, 0.1) is 5.92 Å². The molecule has 0 aliphatic carbocycles. The first-order valence-electron chi connectivity index (χ1n) is 36.8. The van der Waals surface area contributed by atoms with Gasteiger partial charge in [0.15, 0.2) is 12.2 Å². The van der Waals surface area contributed by atoms with Gasteiger partial charge in [0.25, 0.3) is 0 Å². The predicted molar refractivity (Wildman–Crippen MR) is 372 cm³/mol. The molecule has 538 valence electrons. The summed E-state index contributed by atoms with van der Waals surface area (Å²) in [6, 6.07) is 0. The number of unbranched alkanes of at least 4 members (excludes halogenated alkanes) is 35. The smallest absolute Gasteiger partial charge is 0.462 e. The monoisotopic (exact) mass is 1340 g/mol. The Morgan fingerprint density at radius 3 is 0.891 bits per heavy atom. The first-order chi connectivity index (χ1) is 44.5. The minimum atomic E-state index is -4.97. The summed E-state index contributed by atoms with van der Waals surface area (Å²) in [5, 5.41) is 10.6. The van der Waals surface area contributed by atoms with Gasteiger partial charge in [-0.3, -0.25) is 37.3 Å². The molecule has 17 nitrogen and oxygen atoms in total. The molecular formula is C73H134O17P2.